The first kappa shape index (κ1) is 16.3. The fraction of sp³-hybridized carbons (Fsp3) is 0.0526. The number of rotatable bonds is 3. The van der Waals surface area contributed by atoms with E-state index in [9.17, 15) is 9.18 Å². The number of benzene rings is 2. The van der Waals surface area contributed by atoms with E-state index in [1.54, 1.807) is 6.07 Å². The lowest BCUT2D eigenvalue weighted by molar-refractivity contribution is 0.0996. The molecule has 0 N–H and O–H groups in total. The molecule has 0 unspecified atom stereocenters. The summed E-state index contributed by atoms with van der Waals surface area (Å²) in [6.07, 6.45) is 1.86. The summed E-state index contributed by atoms with van der Waals surface area (Å²) in [5.74, 6) is -0.962. The summed E-state index contributed by atoms with van der Waals surface area (Å²) >= 11 is 3.26. The van der Waals surface area contributed by atoms with Gasteiger partial charge >= 0.3 is 0 Å². The summed E-state index contributed by atoms with van der Waals surface area (Å²) in [5, 5.41) is 0. The second-order valence-corrected chi connectivity index (χ2v) is 6.07. The van der Waals surface area contributed by atoms with E-state index < -0.39 is 11.7 Å². The van der Waals surface area contributed by atoms with Gasteiger partial charge in [0, 0.05) is 17.2 Å². The van der Waals surface area contributed by atoms with Crippen molar-refractivity contribution in [2.75, 3.05) is 0 Å². The summed E-state index contributed by atoms with van der Waals surface area (Å²) in [4.78, 5) is 16.6. The number of hydrogen-bond donors (Lipinski definition) is 0. The van der Waals surface area contributed by atoms with E-state index in [4.69, 9.17) is 0 Å². The first-order chi connectivity index (χ1) is 11.6. The number of carbonyl (C=O) groups excluding carboxylic acids is 1. The average molecular weight is 385 g/mol. The second kappa shape index (κ2) is 7.36. The van der Waals surface area contributed by atoms with Crippen LogP contribution < -0.4 is 5.49 Å². The largest absolute Gasteiger partial charge is 0.328 e. The lowest BCUT2D eigenvalue weighted by Crippen LogP contribution is -2.22. The van der Waals surface area contributed by atoms with E-state index in [-0.39, 0.29) is 5.56 Å². The van der Waals surface area contributed by atoms with Gasteiger partial charge in [0.15, 0.2) is 0 Å². The van der Waals surface area contributed by atoms with Crippen LogP contribution in [-0.2, 0) is 6.54 Å². The van der Waals surface area contributed by atoms with Crippen molar-refractivity contribution in [3.8, 4) is 0 Å². The maximum Gasteiger partial charge on any atom is 0.280 e. The van der Waals surface area contributed by atoms with Crippen LogP contribution in [0.15, 0.2) is 82.4 Å². The molecule has 3 rings (SSSR count). The van der Waals surface area contributed by atoms with Crippen LogP contribution >= 0.6 is 15.9 Å². The van der Waals surface area contributed by atoms with Gasteiger partial charge in [0.05, 0.1) is 5.56 Å². The number of aromatic nitrogens is 1. The van der Waals surface area contributed by atoms with Crippen LogP contribution in [0.2, 0.25) is 0 Å². The van der Waals surface area contributed by atoms with Gasteiger partial charge in [-0.1, -0.05) is 36.4 Å². The molecule has 0 atom stereocenters. The van der Waals surface area contributed by atoms with E-state index in [0.717, 1.165) is 5.56 Å². The molecular formula is C19H14BrFN2O. The molecule has 0 aliphatic heterocycles. The number of halogens is 2. The number of amides is 1. The van der Waals surface area contributed by atoms with Crippen molar-refractivity contribution >= 4 is 21.8 Å². The summed E-state index contributed by atoms with van der Waals surface area (Å²) in [6, 6.07) is 19.3. The maximum absolute atomic E-state index is 13.4. The van der Waals surface area contributed by atoms with Crippen LogP contribution in [0.5, 0.6) is 0 Å². The van der Waals surface area contributed by atoms with Gasteiger partial charge in [-0.2, -0.15) is 4.99 Å². The van der Waals surface area contributed by atoms with Crippen LogP contribution in [0.25, 0.3) is 0 Å². The molecule has 0 aliphatic carbocycles. The molecule has 0 spiro atoms. The highest BCUT2D eigenvalue weighted by molar-refractivity contribution is 9.10. The Morgan fingerprint density at radius 2 is 1.79 bits per heavy atom. The van der Waals surface area contributed by atoms with E-state index in [1.165, 1.54) is 18.2 Å². The monoisotopic (exact) mass is 384 g/mol. The van der Waals surface area contributed by atoms with Crippen molar-refractivity contribution in [1.29, 1.82) is 0 Å². The third-order valence-electron chi connectivity index (χ3n) is 3.49. The van der Waals surface area contributed by atoms with Gasteiger partial charge in [-0.05, 0) is 51.8 Å². The topological polar surface area (TPSA) is 34.4 Å². The Bertz CT molecular complexity index is 935. The Balaban J connectivity index is 1.98. The Morgan fingerprint density at radius 3 is 2.58 bits per heavy atom. The SMILES string of the molecule is O=C(N=c1ccccn1Cc1ccccc1)c1cc(F)ccc1Br. The van der Waals surface area contributed by atoms with Gasteiger partial charge in [-0.25, -0.2) is 4.39 Å². The highest BCUT2D eigenvalue weighted by Gasteiger charge is 2.10. The van der Waals surface area contributed by atoms with Crippen LogP contribution in [-0.4, -0.2) is 10.5 Å². The predicted octanol–water partition coefficient (Wildman–Crippen LogP) is 4.18. The Hall–Kier alpha value is -2.53. The van der Waals surface area contributed by atoms with Crippen molar-refractivity contribution in [2.45, 2.75) is 6.54 Å². The van der Waals surface area contributed by atoms with E-state index >= 15 is 0 Å². The average Bonchev–Trinajstić information content (AvgIpc) is 2.59. The van der Waals surface area contributed by atoms with Crippen LogP contribution in [0.1, 0.15) is 15.9 Å². The zero-order valence-corrected chi connectivity index (χ0v) is 14.3. The van der Waals surface area contributed by atoms with E-state index in [0.29, 0.717) is 16.5 Å². The fourth-order valence-electron chi connectivity index (χ4n) is 2.31. The summed E-state index contributed by atoms with van der Waals surface area (Å²) < 4.78 is 15.8. The molecule has 0 bridgehead atoms. The van der Waals surface area contributed by atoms with E-state index in [1.807, 2.05) is 53.2 Å². The van der Waals surface area contributed by atoms with Gasteiger partial charge < -0.3 is 4.57 Å². The fourth-order valence-corrected chi connectivity index (χ4v) is 2.72. The van der Waals surface area contributed by atoms with Crippen molar-refractivity contribution in [1.82, 2.24) is 4.57 Å². The minimum absolute atomic E-state index is 0.199. The molecule has 5 heteroatoms. The molecule has 3 aromatic rings. The molecule has 2 aromatic carbocycles. The summed E-state index contributed by atoms with van der Waals surface area (Å²) in [7, 11) is 0. The van der Waals surface area contributed by atoms with Crippen molar-refractivity contribution in [3.05, 3.63) is 99.8 Å². The highest BCUT2D eigenvalue weighted by Crippen LogP contribution is 2.18. The van der Waals surface area contributed by atoms with E-state index in [2.05, 4.69) is 20.9 Å². The van der Waals surface area contributed by atoms with Gasteiger partial charge in [-0.3, -0.25) is 4.79 Å². The number of pyridine rings is 1. The van der Waals surface area contributed by atoms with Gasteiger partial charge in [0.2, 0.25) is 0 Å². The zero-order chi connectivity index (χ0) is 16.9. The highest BCUT2D eigenvalue weighted by atomic mass is 79.9. The second-order valence-electron chi connectivity index (χ2n) is 5.21. The molecular weight excluding hydrogens is 371 g/mol. The molecule has 120 valence electrons. The standard InChI is InChI=1S/C19H14BrFN2O/c20-17-10-9-15(21)12-16(17)19(24)22-18-8-4-5-11-23(18)13-14-6-2-1-3-7-14/h1-12H,13H2. The number of hydrogen-bond acceptors (Lipinski definition) is 1. The lowest BCUT2D eigenvalue weighted by Gasteiger charge is -2.07. The smallest absolute Gasteiger partial charge is 0.280 e. The molecule has 24 heavy (non-hydrogen) atoms. The molecule has 0 fully saturated rings. The molecule has 1 heterocycles. The Kier molecular flexibility index (Phi) is 5.01. The summed E-state index contributed by atoms with van der Waals surface area (Å²) in [5.41, 5.74) is 1.82. The Morgan fingerprint density at radius 1 is 1.04 bits per heavy atom. The first-order valence-corrected chi connectivity index (χ1v) is 8.16. The van der Waals surface area contributed by atoms with Crippen molar-refractivity contribution < 1.29 is 9.18 Å². The van der Waals surface area contributed by atoms with Gasteiger partial charge in [-0.15, -0.1) is 0 Å². The molecule has 1 amide bonds. The van der Waals surface area contributed by atoms with Crippen molar-refractivity contribution in [2.24, 2.45) is 4.99 Å². The Labute approximate surface area is 147 Å². The van der Waals surface area contributed by atoms with Gasteiger partial charge in [0.1, 0.15) is 11.3 Å². The quantitative estimate of drug-likeness (QED) is 0.666. The van der Waals surface area contributed by atoms with Crippen LogP contribution in [0.3, 0.4) is 0 Å². The third kappa shape index (κ3) is 3.86. The summed E-state index contributed by atoms with van der Waals surface area (Å²) in [6.45, 7) is 0.595. The molecule has 0 radical (unpaired) electrons. The first-order valence-electron chi connectivity index (χ1n) is 7.37. The molecule has 0 aliphatic rings. The molecule has 0 saturated heterocycles. The van der Waals surface area contributed by atoms with Crippen LogP contribution in [0.4, 0.5) is 4.39 Å². The molecule has 1 aromatic heterocycles. The zero-order valence-electron chi connectivity index (χ0n) is 12.7. The van der Waals surface area contributed by atoms with Gasteiger partial charge in [0.25, 0.3) is 5.91 Å². The third-order valence-corrected chi connectivity index (χ3v) is 4.18. The minimum Gasteiger partial charge on any atom is -0.328 e. The molecule has 0 saturated carbocycles. The number of carbonyl (C=O) groups is 1. The molecule has 3 nitrogen and oxygen atoms in total. The lowest BCUT2D eigenvalue weighted by atomic mass is 10.2. The van der Waals surface area contributed by atoms with Crippen LogP contribution in [0, 0.1) is 5.82 Å². The normalized spacial score (nSPS) is 11.5. The maximum atomic E-state index is 13.4. The predicted molar refractivity (Wildman–Crippen MR) is 94.0 cm³/mol. The minimum atomic E-state index is -0.491. The number of nitrogens with zero attached hydrogens (tertiary/aromatic N) is 2. The van der Waals surface area contributed by atoms with Crippen molar-refractivity contribution in [3.63, 3.8) is 0 Å².